The van der Waals surface area contributed by atoms with E-state index in [1.54, 1.807) is 4.68 Å². The molecular weight excluding hydrogens is 252 g/mol. The number of aromatic nitrogens is 2. The minimum Gasteiger partial charge on any atom is -0.320 e. The van der Waals surface area contributed by atoms with Crippen LogP contribution in [0.1, 0.15) is 23.4 Å². The highest BCUT2D eigenvalue weighted by atomic mass is 32.2. The fourth-order valence-electron chi connectivity index (χ4n) is 1.77. The lowest BCUT2D eigenvalue weighted by Gasteiger charge is -2.07. The third-order valence-corrected chi connectivity index (χ3v) is 4.38. The van der Waals surface area contributed by atoms with Gasteiger partial charge >= 0.3 is 0 Å². The fraction of sp³-hybridized carbons (Fsp3) is 0.727. The maximum Gasteiger partial charge on any atom is 0.211 e. The zero-order chi connectivity index (χ0) is 13.8. The second kappa shape index (κ2) is 6.31. The quantitative estimate of drug-likeness (QED) is 0.690. The molecule has 104 valence electrons. The molecule has 0 aromatic carbocycles. The first-order chi connectivity index (χ1) is 8.37. The third-order valence-electron chi connectivity index (χ3n) is 2.97. The number of hydrogen-bond acceptors (Lipinski definition) is 4. The predicted octanol–water partition coefficient (Wildman–Crippen LogP) is 0.0658. The van der Waals surface area contributed by atoms with Crippen molar-refractivity contribution in [1.29, 1.82) is 0 Å². The molecule has 0 bridgehead atoms. The Morgan fingerprint density at radius 3 is 2.50 bits per heavy atom. The number of nitrogens with zero attached hydrogens (tertiary/aromatic N) is 2. The average Bonchev–Trinajstić information content (AvgIpc) is 2.51. The number of sulfonamides is 1. The summed E-state index contributed by atoms with van der Waals surface area (Å²) in [4.78, 5) is 0. The lowest BCUT2D eigenvalue weighted by Crippen LogP contribution is -2.27. The monoisotopic (exact) mass is 274 g/mol. The largest absolute Gasteiger partial charge is 0.320 e. The van der Waals surface area contributed by atoms with Crippen LogP contribution < -0.4 is 10.0 Å². The van der Waals surface area contributed by atoms with Crippen molar-refractivity contribution < 1.29 is 8.42 Å². The summed E-state index contributed by atoms with van der Waals surface area (Å²) in [5.74, 6) is 0.145. The van der Waals surface area contributed by atoms with Gasteiger partial charge in [-0.3, -0.25) is 4.68 Å². The molecule has 6 nitrogen and oxygen atoms in total. The first-order valence-electron chi connectivity index (χ1n) is 5.98. The van der Waals surface area contributed by atoms with Gasteiger partial charge in [0.25, 0.3) is 0 Å². The van der Waals surface area contributed by atoms with Crippen molar-refractivity contribution in [3.63, 3.8) is 0 Å². The van der Waals surface area contributed by atoms with Gasteiger partial charge in [-0.25, -0.2) is 13.1 Å². The Morgan fingerprint density at radius 1 is 1.33 bits per heavy atom. The maximum absolute atomic E-state index is 11.7. The van der Waals surface area contributed by atoms with Crippen molar-refractivity contribution in [2.24, 2.45) is 7.05 Å². The average molecular weight is 274 g/mol. The van der Waals surface area contributed by atoms with Gasteiger partial charge in [0.15, 0.2) is 0 Å². The van der Waals surface area contributed by atoms with Crippen LogP contribution in [0.3, 0.4) is 0 Å². The van der Waals surface area contributed by atoms with Gasteiger partial charge in [0, 0.05) is 24.8 Å². The van der Waals surface area contributed by atoms with E-state index in [0.29, 0.717) is 19.5 Å². The van der Waals surface area contributed by atoms with E-state index in [0.717, 1.165) is 17.0 Å². The van der Waals surface area contributed by atoms with E-state index in [1.165, 1.54) is 0 Å². The van der Waals surface area contributed by atoms with Gasteiger partial charge in [-0.2, -0.15) is 5.10 Å². The number of aryl methyl sites for hydroxylation is 2. The van der Waals surface area contributed by atoms with Gasteiger partial charge < -0.3 is 5.32 Å². The van der Waals surface area contributed by atoms with Gasteiger partial charge in [0.2, 0.25) is 10.0 Å². The molecule has 1 rings (SSSR count). The van der Waals surface area contributed by atoms with E-state index in [1.807, 2.05) is 27.9 Å². The number of nitrogens with one attached hydrogen (secondary N) is 2. The summed E-state index contributed by atoms with van der Waals surface area (Å²) in [7, 11) is 0.459. The molecule has 0 radical (unpaired) electrons. The standard InChI is InChI=1S/C11H22N4O2S/c1-9-11(10(2)15(4)14-9)8-13-18(16,17)7-5-6-12-3/h12-13H,5-8H2,1-4H3. The van der Waals surface area contributed by atoms with Crippen molar-refractivity contribution in [2.75, 3.05) is 19.3 Å². The summed E-state index contributed by atoms with van der Waals surface area (Å²) in [6.45, 7) is 4.83. The maximum atomic E-state index is 11.7. The Balaban J connectivity index is 2.59. The first kappa shape index (κ1) is 15.1. The van der Waals surface area contributed by atoms with Crippen LogP contribution in [0.2, 0.25) is 0 Å². The van der Waals surface area contributed by atoms with E-state index < -0.39 is 10.0 Å². The minimum atomic E-state index is -3.20. The van der Waals surface area contributed by atoms with E-state index in [2.05, 4.69) is 15.1 Å². The molecule has 18 heavy (non-hydrogen) atoms. The van der Waals surface area contributed by atoms with Crippen molar-refractivity contribution in [3.05, 3.63) is 17.0 Å². The summed E-state index contributed by atoms with van der Waals surface area (Å²) in [5.41, 5.74) is 2.81. The molecule has 0 saturated heterocycles. The second-order valence-electron chi connectivity index (χ2n) is 4.37. The highest BCUT2D eigenvalue weighted by Crippen LogP contribution is 2.11. The van der Waals surface area contributed by atoms with Crippen LogP contribution in [0.15, 0.2) is 0 Å². The van der Waals surface area contributed by atoms with Crippen LogP contribution in [0.4, 0.5) is 0 Å². The van der Waals surface area contributed by atoms with E-state index >= 15 is 0 Å². The first-order valence-corrected chi connectivity index (χ1v) is 7.63. The summed E-state index contributed by atoms with van der Waals surface area (Å²) < 4.78 is 27.9. The van der Waals surface area contributed by atoms with E-state index in [9.17, 15) is 8.42 Å². The van der Waals surface area contributed by atoms with Crippen LogP contribution >= 0.6 is 0 Å². The third kappa shape index (κ3) is 4.08. The molecule has 1 aromatic heterocycles. The van der Waals surface area contributed by atoms with Crippen LogP contribution in [0.25, 0.3) is 0 Å². The SMILES string of the molecule is CNCCCS(=O)(=O)NCc1c(C)nn(C)c1C. The molecule has 0 amide bonds. The number of hydrogen-bond donors (Lipinski definition) is 2. The van der Waals surface area contributed by atoms with Crippen molar-refractivity contribution in [1.82, 2.24) is 19.8 Å². The lowest BCUT2D eigenvalue weighted by atomic mass is 10.2. The van der Waals surface area contributed by atoms with E-state index in [4.69, 9.17) is 0 Å². The molecule has 0 aliphatic carbocycles. The van der Waals surface area contributed by atoms with Gasteiger partial charge in [-0.15, -0.1) is 0 Å². The molecule has 0 atom stereocenters. The summed E-state index contributed by atoms with van der Waals surface area (Å²) in [6.07, 6.45) is 0.608. The second-order valence-corrected chi connectivity index (χ2v) is 6.30. The Hall–Kier alpha value is -0.920. The zero-order valence-corrected chi connectivity index (χ0v) is 12.3. The number of rotatable bonds is 7. The molecular formula is C11H22N4O2S. The van der Waals surface area contributed by atoms with Gasteiger partial charge in [0.1, 0.15) is 0 Å². The summed E-state index contributed by atoms with van der Waals surface area (Å²) in [6, 6.07) is 0. The van der Waals surface area contributed by atoms with Crippen LogP contribution in [-0.2, 0) is 23.6 Å². The smallest absolute Gasteiger partial charge is 0.211 e. The molecule has 0 aliphatic heterocycles. The minimum absolute atomic E-state index is 0.145. The Labute approximate surface area is 109 Å². The van der Waals surface area contributed by atoms with Crippen molar-refractivity contribution in [3.8, 4) is 0 Å². The topological polar surface area (TPSA) is 76.0 Å². The van der Waals surface area contributed by atoms with Gasteiger partial charge in [0.05, 0.1) is 11.4 Å². The Bertz CT molecular complexity index is 493. The molecule has 1 aromatic rings. The molecule has 0 spiro atoms. The van der Waals surface area contributed by atoms with Gasteiger partial charge in [-0.1, -0.05) is 0 Å². The Kier molecular flexibility index (Phi) is 5.30. The summed E-state index contributed by atoms with van der Waals surface area (Å²) in [5, 5.41) is 7.19. The normalized spacial score (nSPS) is 12.0. The molecule has 0 fully saturated rings. The molecule has 1 heterocycles. The highest BCUT2D eigenvalue weighted by Gasteiger charge is 2.14. The van der Waals surface area contributed by atoms with Crippen molar-refractivity contribution >= 4 is 10.0 Å². The van der Waals surface area contributed by atoms with Crippen LogP contribution in [0.5, 0.6) is 0 Å². The predicted molar refractivity (Wildman–Crippen MR) is 71.9 cm³/mol. The lowest BCUT2D eigenvalue weighted by molar-refractivity contribution is 0.577. The van der Waals surface area contributed by atoms with Crippen molar-refractivity contribution in [2.45, 2.75) is 26.8 Å². The van der Waals surface area contributed by atoms with Gasteiger partial charge in [-0.05, 0) is 33.9 Å². The molecule has 7 heteroatoms. The molecule has 0 aliphatic rings. The van der Waals surface area contributed by atoms with E-state index in [-0.39, 0.29) is 5.75 Å². The molecule has 0 unspecified atom stereocenters. The molecule has 0 saturated carbocycles. The fourth-order valence-corrected chi connectivity index (χ4v) is 2.80. The van der Waals surface area contributed by atoms with Crippen LogP contribution in [-0.4, -0.2) is 37.5 Å². The Morgan fingerprint density at radius 2 is 2.00 bits per heavy atom. The highest BCUT2D eigenvalue weighted by molar-refractivity contribution is 7.89. The van der Waals surface area contributed by atoms with Crippen LogP contribution in [0, 0.1) is 13.8 Å². The molecule has 2 N–H and O–H groups in total. The zero-order valence-electron chi connectivity index (χ0n) is 11.4. The summed E-state index contributed by atoms with van der Waals surface area (Å²) >= 11 is 0.